The lowest BCUT2D eigenvalue weighted by molar-refractivity contribution is 0.00949. The van der Waals surface area contributed by atoms with Crippen LogP contribution in [0.2, 0.25) is 0 Å². The molecule has 1 aliphatic heterocycles. The largest absolute Gasteiger partial charge is 0.447 e. The van der Waals surface area contributed by atoms with Crippen LogP contribution in [-0.4, -0.2) is 77.8 Å². The van der Waals surface area contributed by atoms with E-state index in [2.05, 4.69) is 20.1 Å². The van der Waals surface area contributed by atoms with Gasteiger partial charge < -0.3 is 19.6 Å². The predicted molar refractivity (Wildman–Crippen MR) is 110 cm³/mol. The highest BCUT2D eigenvalue weighted by Crippen LogP contribution is 2.15. The van der Waals surface area contributed by atoms with Gasteiger partial charge in [-0.25, -0.2) is 9.37 Å². The molecule has 2 aromatic rings. The van der Waals surface area contributed by atoms with Crippen molar-refractivity contribution in [2.75, 3.05) is 51.3 Å². The third-order valence-corrected chi connectivity index (χ3v) is 5.02. The van der Waals surface area contributed by atoms with Crippen molar-refractivity contribution in [2.45, 2.75) is 26.5 Å². The van der Waals surface area contributed by atoms with Crippen LogP contribution in [0.4, 0.5) is 10.1 Å². The molecule has 1 amide bonds. The number of hydrogen-bond acceptors (Lipinski definition) is 7. The number of β-amino-alcohol motifs (C(OH)–C–C–N with tert-alkyl or cyclic N) is 1. The molecule has 1 atom stereocenters. The van der Waals surface area contributed by atoms with Crippen LogP contribution in [0.5, 0.6) is 0 Å². The zero-order valence-electron chi connectivity index (χ0n) is 17.4. The molecule has 2 N–H and O–H groups in total. The maximum absolute atomic E-state index is 13.6. The number of carbonyl (C=O) groups is 1. The lowest BCUT2D eigenvalue weighted by atomic mass is 10.2. The highest BCUT2D eigenvalue weighted by Gasteiger charge is 2.21. The summed E-state index contributed by atoms with van der Waals surface area (Å²) in [5.74, 6) is -0.361. The molecule has 2 heterocycles. The summed E-state index contributed by atoms with van der Waals surface area (Å²) in [5, 5.41) is 12.6. The Morgan fingerprint density at radius 1 is 1.33 bits per heavy atom. The highest BCUT2D eigenvalue weighted by atomic mass is 19.1. The normalized spacial score (nSPS) is 16.5. The van der Waals surface area contributed by atoms with Crippen molar-refractivity contribution < 1.29 is 23.4 Å². The van der Waals surface area contributed by atoms with E-state index in [9.17, 15) is 14.3 Å². The molecule has 0 spiro atoms. The number of rotatable bonds is 9. The number of piperazine rings is 1. The molecule has 164 valence electrons. The number of aliphatic hydroxyl groups is 1. The second kappa shape index (κ2) is 10.6. The fourth-order valence-corrected chi connectivity index (χ4v) is 3.28. The van der Waals surface area contributed by atoms with Crippen LogP contribution < -0.4 is 5.32 Å². The number of hydrogen-bond donors (Lipinski definition) is 2. The van der Waals surface area contributed by atoms with Gasteiger partial charge in [-0.2, -0.15) is 0 Å². The molecule has 8 nitrogen and oxygen atoms in total. The van der Waals surface area contributed by atoms with E-state index >= 15 is 0 Å². The first-order chi connectivity index (χ1) is 14.4. The van der Waals surface area contributed by atoms with Crippen molar-refractivity contribution in [1.82, 2.24) is 14.8 Å². The first-order valence-electron chi connectivity index (χ1n) is 10.2. The number of benzene rings is 1. The number of oxazole rings is 1. The van der Waals surface area contributed by atoms with E-state index in [0.717, 1.165) is 26.2 Å². The Morgan fingerprint density at radius 2 is 2.07 bits per heavy atom. The van der Waals surface area contributed by atoms with Gasteiger partial charge in [-0.15, -0.1) is 0 Å². The first kappa shape index (κ1) is 22.4. The van der Waals surface area contributed by atoms with Crippen molar-refractivity contribution >= 4 is 11.6 Å². The van der Waals surface area contributed by atoms with Crippen LogP contribution in [0, 0.1) is 12.7 Å². The molecule has 0 bridgehead atoms. The lowest BCUT2D eigenvalue weighted by Gasteiger charge is -2.34. The number of aryl methyl sites for hydroxylation is 1. The van der Waals surface area contributed by atoms with Gasteiger partial charge in [0.05, 0.1) is 19.3 Å². The van der Waals surface area contributed by atoms with Crippen LogP contribution in [-0.2, 0) is 11.3 Å². The summed E-state index contributed by atoms with van der Waals surface area (Å²) >= 11 is 0. The molecule has 0 saturated carbocycles. The standard InChI is InChI=1S/C21H29FN4O4/c1-3-29-13-17(27)11-25-6-8-26(9-7-25)12-20-24-19(14-30-20)21(28)23-16-5-4-15(2)18(22)10-16/h4-5,10,14,17,27H,3,6-9,11-13H2,1-2H3,(H,23,28)/t17-/m1/s1. The maximum Gasteiger partial charge on any atom is 0.277 e. The van der Waals surface area contributed by atoms with E-state index in [4.69, 9.17) is 9.15 Å². The van der Waals surface area contributed by atoms with Gasteiger partial charge in [0, 0.05) is 45.0 Å². The maximum atomic E-state index is 13.6. The number of amides is 1. The van der Waals surface area contributed by atoms with E-state index in [-0.39, 0.29) is 11.5 Å². The summed E-state index contributed by atoms with van der Waals surface area (Å²) in [6.07, 6.45) is 0.835. The molecule has 1 aromatic carbocycles. The summed E-state index contributed by atoms with van der Waals surface area (Å²) < 4.78 is 24.3. The van der Waals surface area contributed by atoms with Crippen molar-refractivity contribution in [3.63, 3.8) is 0 Å². The minimum Gasteiger partial charge on any atom is -0.447 e. The number of aliphatic hydroxyl groups excluding tert-OH is 1. The number of carbonyl (C=O) groups excluding carboxylic acids is 1. The van der Waals surface area contributed by atoms with E-state index in [1.807, 2.05) is 6.92 Å². The molecule has 0 radical (unpaired) electrons. The van der Waals surface area contributed by atoms with Gasteiger partial charge >= 0.3 is 0 Å². The third kappa shape index (κ3) is 6.33. The first-order valence-corrected chi connectivity index (χ1v) is 10.2. The summed E-state index contributed by atoms with van der Waals surface area (Å²) in [7, 11) is 0. The van der Waals surface area contributed by atoms with Gasteiger partial charge in [0.1, 0.15) is 12.1 Å². The van der Waals surface area contributed by atoms with Crippen molar-refractivity contribution in [3.8, 4) is 0 Å². The Balaban J connectivity index is 1.45. The fraction of sp³-hybridized carbons (Fsp3) is 0.524. The number of nitrogens with one attached hydrogen (secondary N) is 1. The topological polar surface area (TPSA) is 91.1 Å². The van der Waals surface area contributed by atoms with Gasteiger partial charge in [0.25, 0.3) is 5.91 Å². The predicted octanol–water partition coefficient (Wildman–Crippen LogP) is 1.89. The molecule has 1 saturated heterocycles. The Labute approximate surface area is 175 Å². The highest BCUT2D eigenvalue weighted by molar-refractivity contribution is 6.02. The molecule has 30 heavy (non-hydrogen) atoms. The van der Waals surface area contributed by atoms with E-state index in [0.29, 0.717) is 43.4 Å². The van der Waals surface area contributed by atoms with Crippen molar-refractivity contribution in [1.29, 1.82) is 0 Å². The molecule has 0 unspecified atom stereocenters. The molecule has 9 heteroatoms. The van der Waals surface area contributed by atoms with Crippen LogP contribution in [0.25, 0.3) is 0 Å². The van der Waals surface area contributed by atoms with Gasteiger partial charge in [-0.1, -0.05) is 6.07 Å². The average molecular weight is 420 g/mol. The van der Waals surface area contributed by atoms with Crippen molar-refractivity contribution in [2.24, 2.45) is 0 Å². The lowest BCUT2D eigenvalue weighted by Crippen LogP contribution is -2.48. The Hall–Kier alpha value is -2.33. The minimum atomic E-state index is -0.480. The smallest absolute Gasteiger partial charge is 0.277 e. The molecule has 1 aliphatic rings. The van der Waals surface area contributed by atoms with E-state index in [1.54, 1.807) is 19.1 Å². The number of halogens is 1. The van der Waals surface area contributed by atoms with Crippen LogP contribution in [0.3, 0.4) is 0 Å². The third-order valence-electron chi connectivity index (χ3n) is 5.02. The SMILES string of the molecule is CCOC[C@H](O)CN1CCN(Cc2nc(C(=O)Nc3ccc(C)c(F)c3)co2)CC1. The molecule has 3 rings (SSSR count). The second-order valence-corrected chi connectivity index (χ2v) is 7.43. The van der Waals surface area contributed by atoms with E-state index < -0.39 is 12.0 Å². The van der Waals surface area contributed by atoms with Crippen LogP contribution >= 0.6 is 0 Å². The minimum absolute atomic E-state index is 0.156. The molecule has 1 aromatic heterocycles. The Bertz CT molecular complexity index is 836. The quantitative estimate of drug-likeness (QED) is 0.640. The summed E-state index contributed by atoms with van der Waals surface area (Å²) in [5.41, 5.74) is 1.04. The number of ether oxygens (including phenoxy) is 1. The molecule has 0 aliphatic carbocycles. The second-order valence-electron chi connectivity index (χ2n) is 7.43. The number of nitrogens with zero attached hydrogens (tertiary/aromatic N) is 3. The van der Waals surface area contributed by atoms with Gasteiger partial charge in [0.2, 0.25) is 5.89 Å². The van der Waals surface area contributed by atoms with Gasteiger partial charge in [-0.05, 0) is 31.5 Å². The van der Waals surface area contributed by atoms with Crippen LogP contribution in [0.1, 0.15) is 28.9 Å². The molecular weight excluding hydrogens is 391 g/mol. The van der Waals surface area contributed by atoms with Crippen molar-refractivity contribution in [3.05, 3.63) is 47.4 Å². The monoisotopic (exact) mass is 420 g/mol. The zero-order chi connectivity index (χ0) is 21.5. The average Bonchev–Trinajstić information content (AvgIpc) is 3.19. The summed E-state index contributed by atoms with van der Waals surface area (Å²) in [6, 6.07) is 4.52. The van der Waals surface area contributed by atoms with Crippen LogP contribution in [0.15, 0.2) is 28.9 Å². The summed E-state index contributed by atoms with van der Waals surface area (Å²) in [4.78, 5) is 21.0. The number of aromatic nitrogens is 1. The van der Waals surface area contributed by atoms with Gasteiger partial charge in [0.15, 0.2) is 5.69 Å². The summed E-state index contributed by atoms with van der Waals surface area (Å²) in [6.45, 7) is 8.90. The number of anilines is 1. The van der Waals surface area contributed by atoms with E-state index in [1.165, 1.54) is 12.3 Å². The van der Waals surface area contributed by atoms with Gasteiger partial charge in [-0.3, -0.25) is 14.6 Å². The Morgan fingerprint density at radius 3 is 2.77 bits per heavy atom. The Kier molecular flexibility index (Phi) is 7.92. The molecule has 1 fully saturated rings. The fourth-order valence-electron chi connectivity index (χ4n) is 3.28. The molecular formula is C21H29FN4O4. The zero-order valence-corrected chi connectivity index (χ0v) is 17.4.